The van der Waals surface area contributed by atoms with Crippen LogP contribution in [0.1, 0.15) is 16.8 Å². The van der Waals surface area contributed by atoms with Gasteiger partial charge in [-0.3, -0.25) is 9.36 Å². The standard InChI is InChI=1S/C23H22N4O2.ClH/c1-26-20-9-11-24-14-19(20)18-7-8-21(25-23(18)26)27-12-10-17(13-22(27)28)29-15-16-5-3-2-4-6-16;/h2-8,10,12-13,24H,9,11,14-15H2,1H3;1H. The number of benzene rings is 1. The third-order valence-corrected chi connectivity index (χ3v) is 5.48. The molecule has 0 atom stereocenters. The molecule has 1 N–H and O–H groups in total. The lowest BCUT2D eigenvalue weighted by molar-refractivity contribution is 0.305. The SMILES string of the molecule is Cl.Cn1c2c(c3ccc(-n4ccc(OCc5ccccc5)cc4=O)nc31)CNCC2. The van der Waals surface area contributed by atoms with E-state index < -0.39 is 0 Å². The van der Waals surface area contributed by atoms with Crippen molar-refractivity contribution in [2.24, 2.45) is 7.05 Å². The van der Waals surface area contributed by atoms with Gasteiger partial charge in [-0.05, 0) is 29.3 Å². The Morgan fingerprint density at radius 2 is 1.97 bits per heavy atom. The zero-order valence-electron chi connectivity index (χ0n) is 16.7. The van der Waals surface area contributed by atoms with Crippen LogP contribution in [0.5, 0.6) is 5.75 Å². The first-order valence-electron chi connectivity index (χ1n) is 9.78. The summed E-state index contributed by atoms with van der Waals surface area (Å²) in [5.41, 5.74) is 4.44. The van der Waals surface area contributed by atoms with E-state index in [0.29, 0.717) is 18.2 Å². The molecule has 1 aliphatic rings. The second-order valence-electron chi connectivity index (χ2n) is 7.30. The van der Waals surface area contributed by atoms with Crippen LogP contribution in [0.4, 0.5) is 0 Å². The second kappa shape index (κ2) is 8.34. The van der Waals surface area contributed by atoms with Gasteiger partial charge in [0.15, 0.2) is 0 Å². The number of ether oxygens (including phenoxy) is 1. The van der Waals surface area contributed by atoms with Crippen molar-refractivity contribution in [3.05, 3.63) is 88.0 Å². The molecule has 0 radical (unpaired) electrons. The van der Waals surface area contributed by atoms with Crippen LogP contribution in [0, 0.1) is 0 Å². The molecule has 1 aliphatic heterocycles. The lowest BCUT2D eigenvalue weighted by Gasteiger charge is -2.14. The molecule has 0 spiro atoms. The smallest absolute Gasteiger partial charge is 0.259 e. The van der Waals surface area contributed by atoms with Gasteiger partial charge >= 0.3 is 0 Å². The average Bonchev–Trinajstić information content (AvgIpc) is 3.05. The van der Waals surface area contributed by atoms with Gasteiger partial charge in [-0.2, -0.15) is 0 Å². The molecule has 0 amide bonds. The molecule has 0 bridgehead atoms. The van der Waals surface area contributed by atoms with Gasteiger partial charge in [-0.15, -0.1) is 12.4 Å². The predicted octanol–water partition coefficient (Wildman–Crippen LogP) is 3.37. The van der Waals surface area contributed by atoms with E-state index in [-0.39, 0.29) is 18.0 Å². The molecule has 4 aromatic rings. The number of pyridine rings is 2. The van der Waals surface area contributed by atoms with Crippen molar-refractivity contribution in [2.75, 3.05) is 6.54 Å². The summed E-state index contributed by atoms with van der Waals surface area (Å²) in [6, 6.07) is 17.2. The van der Waals surface area contributed by atoms with Crippen LogP contribution in [0.2, 0.25) is 0 Å². The maximum absolute atomic E-state index is 12.7. The molecule has 0 unspecified atom stereocenters. The summed E-state index contributed by atoms with van der Waals surface area (Å²) in [6.07, 6.45) is 2.71. The highest BCUT2D eigenvalue weighted by Gasteiger charge is 2.19. The zero-order valence-corrected chi connectivity index (χ0v) is 17.5. The number of halogens is 1. The van der Waals surface area contributed by atoms with Gasteiger partial charge in [0.2, 0.25) is 0 Å². The first-order chi connectivity index (χ1) is 14.2. The molecule has 0 fully saturated rings. The number of aryl methyl sites for hydroxylation is 1. The quantitative estimate of drug-likeness (QED) is 0.547. The third kappa shape index (κ3) is 3.60. The van der Waals surface area contributed by atoms with E-state index in [1.54, 1.807) is 16.8 Å². The first-order valence-corrected chi connectivity index (χ1v) is 9.78. The molecule has 5 rings (SSSR count). The summed E-state index contributed by atoms with van der Waals surface area (Å²) in [6.45, 7) is 2.27. The zero-order chi connectivity index (χ0) is 19.8. The molecule has 0 saturated heterocycles. The monoisotopic (exact) mass is 422 g/mol. The van der Waals surface area contributed by atoms with Crippen molar-refractivity contribution in [1.82, 2.24) is 19.4 Å². The highest BCUT2D eigenvalue weighted by Crippen LogP contribution is 2.27. The Kier molecular flexibility index (Phi) is 5.61. The fourth-order valence-corrected chi connectivity index (χ4v) is 3.97. The van der Waals surface area contributed by atoms with Crippen LogP contribution in [0.15, 0.2) is 65.6 Å². The minimum absolute atomic E-state index is 0. The van der Waals surface area contributed by atoms with Gasteiger partial charge in [-0.25, -0.2) is 4.98 Å². The van der Waals surface area contributed by atoms with Gasteiger partial charge in [-0.1, -0.05) is 30.3 Å². The highest BCUT2D eigenvalue weighted by molar-refractivity contribution is 5.85. The molecule has 0 aliphatic carbocycles. The van der Waals surface area contributed by atoms with Crippen molar-refractivity contribution in [1.29, 1.82) is 0 Å². The molecule has 3 aromatic heterocycles. The van der Waals surface area contributed by atoms with E-state index in [2.05, 4.69) is 16.0 Å². The summed E-state index contributed by atoms with van der Waals surface area (Å²) in [5.74, 6) is 1.17. The number of nitrogens with one attached hydrogen (secondary N) is 1. The third-order valence-electron chi connectivity index (χ3n) is 5.48. The van der Waals surface area contributed by atoms with Gasteiger partial charge in [0.1, 0.15) is 23.8 Å². The van der Waals surface area contributed by atoms with Crippen molar-refractivity contribution in [3.8, 4) is 11.6 Å². The van der Waals surface area contributed by atoms with Gasteiger partial charge in [0, 0.05) is 49.9 Å². The van der Waals surface area contributed by atoms with E-state index in [0.717, 1.165) is 36.1 Å². The fourth-order valence-electron chi connectivity index (χ4n) is 3.97. The van der Waals surface area contributed by atoms with Crippen LogP contribution in [0.25, 0.3) is 16.9 Å². The van der Waals surface area contributed by atoms with Crippen molar-refractivity contribution < 1.29 is 4.74 Å². The second-order valence-corrected chi connectivity index (χ2v) is 7.30. The highest BCUT2D eigenvalue weighted by atomic mass is 35.5. The Morgan fingerprint density at radius 3 is 2.77 bits per heavy atom. The lowest BCUT2D eigenvalue weighted by Crippen LogP contribution is -2.24. The van der Waals surface area contributed by atoms with E-state index in [1.807, 2.05) is 43.4 Å². The summed E-state index contributed by atoms with van der Waals surface area (Å²) >= 11 is 0. The molecule has 4 heterocycles. The van der Waals surface area contributed by atoms with Crippen LogP contribution < -0.4 is 15.6 Å². The summed E-state index contributed by atoms with van der Waals surface area (Å²) in [5, 5.41) is 4.57. The minimum Gasteiger partial charge on any atom is -0.489 e. The summed E-state index contributed by atoms with van der Waals surface area (Å²) in [7, 11) is 2.05. The average molecular weight is 423 g/mol. The number of hydrogen-bond donors (Lipinski definition) is 1. The summed E-state index contributed by atoms with van der Waals surface area (Å²) in [4.78, 5) is 17.5. The molecular formula is C23H23ClN4O2. The van der Waals surface area contributed by atoms with Gasteiger partial charge in [0.25, 0.3) is 5.56 Å². The van der Waals surface area contributed by atoms with Crippen molar-refractivity contribution in [2.45, 2.75) is 19.6 Å². The molecular weight excluding hydrogens is 400 g/mol. The Hall–Kier alpha value is -3.09. The topological polar surface area (TPSA) is 61.1 Å². The maximum Gasteiger partial charge on any atom is 0.259 e. The number of rotatable bonds is 4. The Morgan fingerprint density at radius 1 is 1.13 bits per heavy atom. The van der Waals surface area contributed by atoms with E-state index in [4.69, 9.17) is 9.72 Å². The van der Waals surface area contributed by atoms with Crippen LogP contribution in [-0.4, -0.2) is 20.7 Å². The molecule has 6 nitrogen and oxygen atoms in total. The van der Waals surface area contributed by atoms with E-state index in [1.165, 1.54) is 17.3 Å². The maximum atomic E-state index is 12.7. The van der Waals surface area contributed by atoms with E-state index >= 15 is 0 Å². The molecule has 30 heavy (non-hydrogen) atoms. The predicted molar refractivity (Wildman–Crippen MR) is 120 cm³/mol. The summed E-state index contributed by atoms with van der Waals surface area (Å²) < 4.78 is 9.47. The van der Waals surface area contributed by atoms with Crippen molar-refractivity contribution in [3.63, 3.8) is 0 Å². The molecule has 1 aromatic carbocycles. The molecule has 0 saturated carbocycles. The Balaban J connectivity index is 0.00000218. The van der Waals surface area contributed by atoms with E-state index in [9.17, 15) is 4.79 Å². The van der Waals surface area contributed by atoms with Crippen molar-refractivity contribution >= 4 is 23.4 Å². The molecule has 154 valence electrons. The van der Waals surface area contributed by atoms with Gasteiger partial charge in [0.05, 0.1) is 0 Å². The Labute approximate surface area is 180 Å². The fraction of sp³-hybridized carbons (Fsp3) is 0.217. The normalized spacial score (nSPS) is 13.0. The van der Waals surface area contributed by atoms with Crippen LogP contribution in [0.3, 0.4) is 0 Å². The molecule has 7 heteroatoms. The lowest BCUT2D eigenvalue weighted by atomic mass is 10.1. The minimum atomic E-state index is -0.164. The number of fused-ring (bicyclic) bond motifs is 3. The Bertz CT molecular complexity index is 1250. The largest absolute Gasteiger partial charge is 0.489 e. The number of hydrogen-bond acceptors (Lipinski definition) is 4. The first kappa shape index (κ1) is 20.2. The van der Waals surface area contributed by atoms with Crippen LogP contribution in [-0.2, 0) is 26.6 Å². The van der Waals surface area contributed by atoms with Gasteiger partial charge < -0.3 is 14.6 Å². The number of aromatic nitrogens is 3. The number of nitrogens with zero attached hydrogens (tertiary/aromatic N) is 3. The van der Waals surface area contributed by atoms with Crippen LogP contribution >= 0.6 is 12.4 Å².